The van der Waals surface area contributed by atoms with Crippen molar-refractivity contribution in [1.82, 2.24) is 20.4 Å². The molecule has 0 spiro atoms. The zero-order chi connectivity index (χ0) is 36.5. The number of anilines is 4. The topological polar surface area (TPSA) is 88.7 Å². The van der Waals surface area contributed by atoms with Gasteiger partial charge in [-0.15, -0.1) is 0 Å². The summed E-state index contributed by atoms with van der Waals surface area (Å²) in [5, 5.41) is 17.7. The Morgan fingerprint density at radius 3 is 1.19 bits per heavy atom. The summed E-state index contributed by atoms with van der Waals surface area (Å²) in [4.78, 5) is 29.5. The molecule has 6 aromatic carbocycles. The molecule has 0 aliphatic carbocycles. The van der Waals surface area contributed by atoms with E-state index in [1.54, 1.807) is 0 Å². The Morgan fingerprint density at radius 2 is 0.827 bits per heavy atom. The Bertz CT molecular complexity index is 1990. The highest BCUT2D eigenvalue weighted by atomic mass is 16.2. The molecule has 0 saturated carbocycles. The standard InChI is InChI=1S/C44H48N6O2/c1-49(2)29-9-27-45-43(51)31-15-19-33(20-16-31)47-41-25-23-37(35-11-5-7-13-39(35)41)38-24-26-42(40-14-8-6-12-36(38)40)48-34-21-17-32(18-22-34)44(52)46-28-10-30-50(3)4/h5-8,11-26,47-48H,9-10,27-30H2,1-4H3,(H,45,51)(H,46,52). The Hall–Kier alpha value is -5.70. The maximum atomic E-state index is 12.6. The van der Waals surface area contributed by atoms with Gasteiger partial charge in [-0.05, 0) is 137 Å². The lowest BCUT2D eigenvalue weighted by Crippen LogP contribution is -2.27. The van der Waals surface area contributed by atoms with E-state index >= 15 is 0 Å². The summed E-state index contributed by atoms with van der Waals surface area (Å²) in [7, 11) is 8.13. The van der Waals surface area contributed by atoms with Crippen LogP contribution in [0.1, 0.15) is 33.6 Å². The van der Waals surface area contributed by atoms with E-state index in [0.29, 0.717) is 24.2 Å². The first kappa shape index (κ1) is 36.1. The first-order chi connectivity index (χ1) is 25.3. The minimum absolute atomic E-state index is 0.0578. The van der Waals surface area contributed by atoms with Gasteiger partial charge in [-0.25, -0.2) is 0 Å². The van der Waals surface area contributed by atoms with E-state index in [-0.39, 0.29) is 11.8 Å². The van der Waals surface area contributed by atoms with Crippen molar-refractivity contribution in [3.63, 3.8) is 0 Å². The van der Waals surface area contributed by atoms with E-state index in [0.717, 1.165) is 81.4 Å². The number of rotatable bonds is 15. The van der Waals surface area contributed by atoms with Crippen LogP contribution in [0.15, 0.2) is 121 Å². The number of carbonyl (C=O) groups is 2. The lowest BCUT2D eigenvalue weighted by atomic mass is 9.92. The molecule has 2 amide bonds. The first-order valence-electron chi connectivity index (χ1n) is 17.9. The van der Waals surface area contributed by atoms with Crippen LogP contribution in [-0.4, -0.2) is 76.0 Å². The second-order valence-electron chi connectivity index (χ2n) is 13.6. The predicted octanol–water partition coefficient (Wildman–Crippen LogP) is 8.51. The van der Waals surface area contributed by atoms with Crippen LogP contribution in [0.5, 0.6) is 0 Å². The zero-order valence-corrected chi connectivity index (χ0v) is 30.5. The summed E-state index contributed by atoms with van der Waals surface area (Å²) in [5.41, 5.74) is 7.39. The number of hydrogen-bond acceptors (Lipinski definition) is 6. The van der Waals surface area contributed by atoms with Crippen molar-refractivity contribution in [3.8, 4) is 11.1 Å². The zero-order valence-electron chi connectivity index (χ0n) is 30.5. The van der Waals surface area contributed by atoms with E-state index in [9.17, 15) is 9.59 Å². The minimum atomic E-state index is -0.0578. The highest BCUT2D eigenvalue weighted by Gasteiger charge is 2.14. The fourth-order valence-corrected chi connectivity index (χ4v) is 6.41. The molecule has 0 heterocycles. The molecule has 0 bridgehead atoms. The molecule has 0 aliphatic rings. The Balaban J connectivity index is 1.19. The molecule has 6 aromatic rings. The van der Waals surface area contributed by atoms with Crippen LogP contribution in [0, 0.1) is 0 Å². The van der Waals surface area contributed by atoms with Gasteiger partial charge in [0.05, 0.1) is 0 Å². The maximum Gasteiger partial charge on any atom is 0.251 e. The second-order valence-corrected chi connectivity index (χ2v) is 13.6. The van der Waals surface area contributed by atoms with Gasteiger partial charge < -0.3 is 31.1 Å². The molecule has 0 fully saturated rings. The minimum Gasteiger partial charge on any atom is -0.355 e. The van der Waals surface area contributed by atoms with Crippen LogP contribution < -0.4 is 21.3 Å². The summed E-state index contributed by atoms with van der Waals surface area (Å²) in [5.74, 6) is -0.116. The van der Waals surface area contributed by atoms with Crippen molar-refractivity contribution >= 4 is 56.1 Å². The number of fused-ring (bicyclic) bond motifs is 2. The molecule has 0 atom stereocenters. The molecule has 8 heteroatoms. The number of carbonyl (C=O) groups excluding carboxylic acids is 2. The van der Waals surface area contributed by atoms with Gasteiger partial charge in [0.1, 0.15) is 0 Å². The third-order valence-corrected chi connectivity index (χ3v) is 9.13. The number of nitrogens with one attached hydrogen (secondary N) is 4. The van der Waals surface area contributed by atoms with Crippen LogP contribution >= 0.6 is 0 Å². The third-order valence-electron chi connectivity index (χ3n) is 9.13. The van der Waals surface area contributed by atoms with Crippen molar-refractivity contribution in [2.45, 2.75) is 12.8 Å². The highest BCUT2D eigenvalue weighted by molar-refractivity contribution is 6.11. The van der Waals surface area contributed by atoms with Gasteiger partial charge >= 0.3 is 0 Å². The second kappa shape index (κ2) is 17.0. The van der Waals surface area contributed by atoms with Crippen molar-refractivity contribution < 1.29 is 9.59 Å². The fraction of sp³-hybridized carbons (Fsp3) is 0.227. The summed E-state index contributed by atoms with van der Waals surface area (Å²) >= 11 is 0. The first-order valence-corrected chi connectivity index (χ1v) is 17.9. The van der Waals surface area contributed by atoms with Gasteiger partial charge in [-0.2, -0.15) is 0 Å². The van der Waals surface area contributed by atoms with Gasteiger partial charge in [0.2, 0.25) is 0 Å². The third kappa shape index (κ3) is 8.96. The number of benzene rings is 6. The lowest BCUT2D eigenvalue weighted by molar-refractivity contribution is 0.0944. The van der Waals surface area contributed by atoms with Crippen LogP contribution in [-0.2, 0) is 0 Å². The molecule has 8 nitrogen and oxygen atoms in total. The van der Waals surface area contributed by atoms with Gasteiger partial charge in [0.15, 0.2) is 0 Å². The van der Waals surface area contributed by atoms with Crippen molar-refractivity contribution in [1.29, 1.82) is 0 Å². The Kier molecular flexibility index (Phi) is 11.8. The van der Waals surface area contributed by atoms with Gasteiger partial charge in [-0.3, -0.25) is 9.59 Å². The molecule has 0 aliphatic heterocycles. The molecule has 266 valence electrons. The van der Waals surface area contributed by atoms with Crippen LogP contribution in [0.4, 0.5) is 22.7 Å². The maximum absolute atomic E-state index is 12.6. The van der Waals surface area contributed by atoms with E-state index in [1.807, 2.05) is 76.7 Å². The predicted molar refractivity (Wildman–Crippen MR) is 217 cm³/mol. The average Bonchev–Trinajstić information content (AvgIpc) is 3.16. The Labute approximate surface area is 306 Å². The van der Waals surface area contributed by atoms with E-state index < -0.39 is 0 Å². The van der Waals surface area contributed by atoms with E-state index in [2.05, 4.69) is 104 Å². The lowest BCUT2D eigenvalue weighted by Gasteiger charge is -2.17. The van der Waals surface area contributed by atoms with Crippen molar-refractivity contribution in [3.05, 3.63) is 132 Å². The number of amides is 2. The normalized spacial score (nSPS) is 11.3. The highest BCUT2D eigenvalue weighted by Crippen LogP contribution is 2.40. The number of nitrogens with zero attached hydrogens (tertiary/aromatic N) is 2. The molecule has 0 unspecified atom stereocenters. The van der Waals surface area contributed by atoms with Gasteiger partial charge in [0.25, 0.3) is 11.8 Å². The quantitative estimate of drug-likeness (QED) is 0.0808. The molecule has 6 rings (SSSR count). The monoisotopic (exact) mass is 692 g/mol. The molecule has 0 saturated heterocycles. The smallest absolute Gasteiger partial charge is 0.251 e. The number of hydrogen-bond donors (Lipinski definition) is 4. The van der Waals surface area contributed by atoms with Crippen LogP contribution in [0.25, 0.3) is 32.7 Å². The van der Waals surface area contributed by atoms with Crippen molar-refractivity contribution in [2.24, 2.45) is 0 Å². The molecular weight excluding hydrogens is 645 g/mol. The molecule has 0 radical (unpaired) electrons. The fourth-order valence-electron chi connectivity index (χ4n) is 6.41. The molecular formula is C44H48N6O2. The molecule has 0 aromatic heterocycles. The summed E-state index contributed by atoms with van der Waals surface area (Å²) in [6.07, 6.45) is 1.82. The van der Waals surface area contributed by atoms with Crippen LogP contribution in [0.2, 0.25) is 0 Å². The Morgan fingerprint density at radius 1 is 0.462 bits per heavy atom. The summed E-state index contributed by atoms with van der Waals surface area (Å²) in [6, 6.07) is 40.8. The largest absolute Gasteiger partial charge is 0.355 e. The summed E-state index contributed by atoms with van der Waals surface area (Å²) < 4.78 is 0. The van der Waals surface area contributed by atoms with Crippen molar-refractivity contribution in [2.75, 3.05) is 65.0 Å². The average molecular weight is 693 g/mol. The van der Waals surface area contributed by atoms with E-state index in [1.165, 1.54) is 0 Å². The van der Waals surface area contributed by atoms with Gasteiger partial charge in [-0.1, -0.05) is 60.7 Å². The van der Waals surface area contributed by atoms with E-state index in [4.69, 9.17) is 0 Å². The molecule has 52 heavy (non-hydrogen) atoms. The molecule has 4 N–H and O–H groups in total. The SMILES string of the molecule is CN(C)CCCNC(=O)c1ccc(Nc2ccc(-c3ccc(Nc4ccc(C(=O)NCCCN(C)C)cc4)c4ccccc34)c3ccccc23)cc1. The summed E-state index contributed by atoms with van der Waals surface area (Å²) in [6.45, 7) is 3.17. The van der Waals surface area contributed by atoms with Gasteiger partial charge in [0, 0.05) is 57.7 Å². The van der Waals surface area contributed by atoms with Crippen LogP contribution in [0.3, 0.4) is 0 Å².